The molecule has 2 atom stereocenters. The fourth-order valence-corrected chi connectivity index (χ4v) is 3.54. The predicted molar refractivity (Wildman–Crippen MR) is 75.8 cm³/mol. The van der Waals surface area contributed by atoms with Gasteiger partial charge in [-0.15, -0.1) is 0 Å². The number of rotatable bonds is 6. The fourth-order valence-electron chi connectivity index (χ4n) is 3.54. The first-order chi connectivity index (χ1) is 10.3. The standard InChI is InChI=1S/C13H19N3O6/c1-2-3-6-14-8-12(15(19)20)5-4-10(11(17)18)13(7-12,9-14)16(21)22/h4H,2-3,5-9H2,1H3,(H,17,18)/t12-,13+/m1/s1. The van der Waals surface area contributed by atoms with E-state index in [1.807, 2.05) is 6.92 Å². The average molecular weight is 313 g/mol. The van der Waals surface area contributed by atoms with Gasteiger partial charge in [-0.1, -0.05) is 19.4 Å². The number of hydrogen-bond donors (Lipinski definition) is 1. The first kappa shape index (κ1) is 16.3. The molecule has 22 heavy (non-hydrogen) atoms. The van der Waals surface area contributed by atoms with Gasteiger partial charge >= 0.3 is 5.97 Å². The SMILES string of the molecule is CCCCN1C[C@@]2([N+](=O)[O-])CC=C(C(=O)O)[C@@]([N+](=O)[O-])(C1)C2. The van der Waals surface area contributed by atoms with Gasteiger partial charge in [0.1, 0.15) is 5.57 Å². The fraction of sp³-hybridized carbons (Fsp3) is 0.769. The topological polar surface area (TPSA) is 127 Å². The van der Waals surface area contributed by atoms with Gasteiger partial charge in [0.2, 0.25) is 5.54 Å². The zero-order chi connectivity index (χ0) is 16.5. The zero-order valence-corrected chi connectivity index (χ0v) is 12.4. The monoisotopic (exact) mass is 313 g/mol. The zero-order valence-electron chi connectivity index (χ0n) is 12.4. The van der Waals surface area contributed by atoms with Gasteiger partial charge in [-0.3, -0.25) is 25.1 Å². The van der Waals surface area contributed by atoms with E-state index < -0.39 is 26.9 Å². The first-order valence-corrected chi connectivity index (χ1v) is 7.23. The molecule has 2 rings (SSSR count). The van der Waals surface area contributed by atoms with Crippen LogP contribution in [-0.4, -0.2) is 56.5 Å². The molecule has 9 heteroatoms. The van der Waals surface area contributed by atoms with Gasteiger partial charge in [-0.05, 0) is 13.0 Å². The number of piperidine rings is 1. The highest BCUT2D eigenvalue weighted by molar-refractivity contribution is 5.89. The number of fused-ring (bicyclic) bond motifs is 2. The van der Waals surface area contributed by atoms with Crippen LogP contribution in [-0.2, 0) is 4.79 Å². The number of aliphatic carboxylic acids is 1. The third kappa shape index (κ3) is 2.45. The van der Waals surface area contributed by atoms with Crippen molar-refractivity contribution in [3.8, 4) is 0 Å². The Morgan fingerprint density at radius 1 is 1.36 bits per heavy atom. The lowest BCUT2D eigenvalue weighted by Gasteiger charge is -2.45. The quantitative estimate of drug-likeness (QED) is 0.571. The Morgan fingerprint density at radius 2 is 2.05 bits per heavy atom. The average Bonchev–Trinajstić information content (AvgIpc) is 2.44. The molecule has 1 aliphatic heterocycles. The summed E-state index contributed by atoms with van der Waals surface area (Å²) >= 11 is 0. The van der Waals surface area contributed by atoms with Crippen LogP contribution in [0, 0.1) is 20.2 Å². The number of carbonyl (C=O) groups is 1. The Bertz CT molecular complexity index is 548. The van der Waals surface area contributed by atoms with Crippen molar-refractivity contribution >= 4 is 5.97 Å². The lowest BCUT2D eigenvalue weighted by molar-refractivity contribution is -0.620. The highest BCUT2D eigenvalue weighted by Gasteiger charge is 2.66. The van der Waals surface area contributed by atoms with E-state index in [9.17, 15) is 30.1 Å². The summed E-state index contributed by atoms with van der Waals surface area (Å²) < 4.78 is 0. The van der Waals surface area contributed by atoms with Crippen LogP contribution in [0.25, 0.3) is 0 Å². The van der Waals surface area contributed by atoms with E-state index in [1.165, 1.54) is 6.08 Å². The molecule has 0 aromatic heterocycles. The van der Waals surface area contributed by atoms with E-state index in [2.05, 4.69) is 0 Å². The summed E-state index contributed by atoms with van der Waals surface area (Å²) in [5.41, 5.74) is -3.70. The lowest BCUT2D eigenvalue weighted by atomic mass is 9.68. The number of nitrogens with zero attached hydrogens (tertiary/aromatic N) is 3. The first-order valence-electron chi connectivity index (χ1n) is 7.23. The second kappa shape index (κ2) is 5.64. The molecule has 0 unspecified atom stereocenters. The maximum atomic E-state index is 11.6. The van der Waals surface area contributed by atoms with Gasteiger partial charge < -0.3 is 5.11 Å². The lowest BCUT2D eigenvalue weighted by Crippen LogP contribution is -2.68. The summed E-state index contributed by atoms with van der Waals surface area (Å²) in [5, 5.41) is 32.5. The normalized spacial score (nSPS) is 31.4. The Morgan fingerprint density at radius 3 is 2.55 bits per heavy atom. The smallest absolute Gasteiger partial charge is 0.338 e. The molecule has 0 spiro atoms. The second-order valence-corrected chi connectivity index (χ2v) is 6.14. The third-order valence-corrected chi connectivity index (χ3v) is 4.61. The second-order valence-electron chi connectivity index (χ2n) is 6.14. The predicted octanol–water partition coefficient (Wildman–Crippen LogP) is 0.938. The van der Waals surface area contributed by atoms with E-state index >= 15 is 0 Å². The van der Waals surface area contributed by atoms with Crippen LogP contribution in [0.15, 0.2) is 11.6 Å². The van der Waals surface area contributed by atoms with Gasteiger partial charge in [0.25, 0.3) is 5.54 Å². The summed E-state index contributed by atoms with van der Waals surface area (Å²) in [4.78, 5) is 35.1. The van der Waals surface area contributed by atoms with E-state index in [1.54, 1.807) is 4.90 Å². The number of likely N-dealkylation sites (tertiary alicyclic amines) is 1. The molecule has 1 fully saturated rings. The van der Waals surface area contributed by atoms with Crippen molar-refractivity contribution in [2.24, 2.45) is 0 Å². The molecule has 0 amide bonds. The van der Waals surface area contributed by atoms with Crippen molar-refractivity contribution in [2.75, 3.05) is 19.6 Å². The van der Waals surface area contributed by atoms with Crippen LogP contribution in [0.1, 0.15) is 32.6 Å². The Kier molecular flexibility index (Phi) is 4.19. The summed E-state index contributed by atoms with van der Waals surface area (Å²) in [6.07, 6.45) is 2.35. The molecule has 1 N–H and O–H groups in total. The van der Waals surface area contributed by atoms with E-state index in [4.69, 9.17) is 0 Å². The van der Waals surface area contributed by atoms with Crippen LogP contribution in [0.5, 0.6) is 0 Å². The number of carboxylic acid groups (broad SMARTS) is 1. The van der Waals surface area contributed by atoms with Crippen molar-refractivity contribution < 1.29 is 19.7 Å². The van der Waals surface area contributed by atoms with Crippen molar-refractivity contribution in [3.63, 3.8) is 0 Å². The molecule has 1 aliphatic carbocycles. The van der Waals surface area contributed by atoms with Gasteiger partial charge in [-0.2, -0.15) is 0 Å². The van der Waals surface area contributed by atoms with Crippen LogP contribution in [0.2, 0.25) is 0 Å². The van der Waals surface area contributed by atoms with Crippen LogP contribution < -0.4 is 0 Å². The minimum atomic E-state index is -1.90. The minimum Gasteiger partial charge on any atom is -0.478 e. The largest absolute Gasteiger partial charge is 0.478 e. The molecule has 1 saturated heterocycles. The van der Waals surface area contributed by atoms with Crippen molar-refractivity contribution in [1.82, 2.24) is 4.90 Å². The van der Waals surface area contributed by atoms with Crippen molar-refractivity contribution in [3.05, 3.63) is 31.9 Å². The molecule has 2 bridgehead atoms. The number of hydrogen-bond acceptors (Lipinski definition) is 6. The summed E-state index contributed by atoms with van der Waals surface area (Å²) in [7, 11) is 0. The molecule has 0 aromatic rings. The maximum Gasteiger partial charge on any atom is 0.338 e. The van der Waals surface area contributed by atoms with Gasteiger partial charge in [0, 0.05) is 16.3 Å². The van der Waals surface area contributed by atoms with Crippen LogP contribution >= 0.6 is 0 Å². The third-order valence-electron chi connectivity index (χ3n) is 4.61. The Labute approximate surface area is 126 Å². The molecule has 122 valence electrons. The van der Waals surface area contributed by atoms with Crippen LogP contribution in [0.4, 0.5) is 0 Å². The number of unbranched alkanes of at least 4 members (excludes halogenated alkanes) is 1. The van der Waals surface area contributed by atoms with Gasteiger partial charge in [0.15, 0.2) is 0 Å². The summed E-state index contributed by atoms with van der Waals surface area (Å²) in [6.45, 7) is 2.49. The minimum absolute atomic E-state index is 0.0835. The molecule has 0 radical (unpaired) electrons. The van der Waals surface area contributed by atoms with Gasteiger partial charge in [0.05, 0.1) is 19.5 Å². The molecular weight excluding hydrogens is 294 g/mol. The molecule has 0 saturated carbocycles. The Hall–Kier alpha value is -2.03. The maximum absolute atomic E-state index is 11.6. The van der Waals surface area contributed by atoms with E-state index in [0.29, 0.717) is 6.54 Å². The molecule has 1 heterocycles. The molecule has 2 aliphatic rings. The van der Waals surface area contributed by atoms with Crippen molar-refractivity contribution in [1.29, 1.82) is 0 Å². The molecule has 9 nitrogen and oxygen atoms in total. The number of nitro groups is 2. The highest BCUT2D eigenvalue weighted by Crippen LogP contribution is 2.44. The van der Waals surface area contributed by atoms with Crippen molar-refractivity contribution in [2.45, 2.75) is 43.7 Å². The van der Waals surface area contributed by atoms with E-state index in [0.717, 1.165) is 12.8 Å². The summed E-state index contributed by atoms with van der Waals surface area (Å²) in [5.74, 6) is -1.37. The molecule has 0 aromatic carbocycles. The van der Waals surface area contributed by atoms with Crippen LogP contribution in [0.3, 0.4) is 0 Å². The van der Waals surface area contributed by atoms with E-state index in [-0.39, 0.29) is 31.5 Å². The molecular formula is C13H19N3O6. The van der Waals surface area contributed by atoms with Gasteiger partial charge in [-0.25, -0.2) is 4.79 Å². The number of carboxylic acids is 1. The summed E-state index contributed by atoms with van der Waals surface area (Å²) in [6, 6.07) is 0. The highest BCUT2D eigenvalue weighted by atomic mass is 16.6. The Balaban J connectivity index is 2.49.